The highest BCUT2D eigenvalue weighted by atomic mass is 19.4. The molecule has 3 aromatic rings. The van der Waals surface area contributed by atoms with E-state index in [0.29, 0.717) is 24.3 Å². The Kier molecular flexibility index (Phi) is 8.09. The largest absolute Gasteiger partial charge is 0.491 e. The third kappa shape index (κ3) is 6.45. The Hall–Kier alpha value is -3.09. The van der Waals surface area contributed by atoms with E-state index in [1.165, 1.54) is 12.1 Å². The zero-order valence-electron chi connectivity index (χ0n) is 17.6. The molecule has 32 heavy (non-hydrogen) atoms. The van der Waals surface area contributed by atoms with Crippen LogP contribution in [0.5, 0.6) is 5.75 Å². The first-order valence-electron chi connectivity index (χ1n) is 10.3. The number of nitrogens with one attached hydrogen (secondary N) is 1. The first-order chi connectivity index (χ1) is 15.4. The summed E-state index contributed by atoms with van der Waals surface area (Å²) in [5.41, 5.74) is 0.882. The summed E-state index contributed by atoms with van der Waals surface area (Å²) < 4.78 is 45.6. The Labute approximate surface area is 186 Å². The van der Waals surface area contributed by atoms with Crippen LogP contribution in [0.1, 0.15) is 23.6 Å². The molecule has 3 nitrogen and oxygen atoms in total. The number of hydrogen-bond acceptors (Lipinski definition) is 3. The van der Waals surface area contributed by atoms with Crippen LogP contribution in [0.25, 0.3) is 11.1 Å². The number of rotatable bonds is 10. The minimum absolute atomic E-state index is 0.134. The van der Waals surface area contributed by atoms with Gasteiger partial charge in [0.2, 0.25) is 0 Å². The molecule has 168 valence electrons. The van der Waals surface area contributed by atoms with E-state index in [-0.39, 0.29) is 18.2 Å². The van der Waals surface area contributed by atoms with Gasteiger partial charge in [-0.05, 0) is 41.3 Å². The van der Waals surface area contributed by atoms with E-state index in [9.17, 15) is 18.3 Å². The SMILES string of the molecule is C=CCC(NCC(O)COc1ccccc1)c1ccc(-c2ccccc2C(F)(F)F)cc1. The summed E-state index contributed by atoms with van der Waals surface area (Å²) in [6, 6.07) is 21.6. The first-order valence-corrected chi connectivity index (χ1v) is 10.3. The molecule has 0 spiro atoms. The highest BCUT2D eigenvalue weighted by Gasteiger charge is 2.33. The highest BCUT2D eigenvalue weighted by Crippen LogP contribution is 2.37. The molecule has 0 aliphatic heterocycles. The normalized spacial score (nSPS) is 13.4. The van der Waals surface area contributed by atoms with Crippen molar-refractivity contribution in [1.82, 2.24) is 5.32 Å². The molecule has 2 N–H and O–H groups in total. The van der Waals surface area contributed by atoms with E-state index in [0.717, 1.165) is 11.6 Å². The summed E-state index contributed by atoms with van der Waals surface area (Å²) in [7, 11) is 0. The number of alkyl halides is 3. The van der Waals surface area contributed by atoms with Crippen molar-refractivity contribution in [2.45, 2.75) is 24.7 Å². The van der Waals surface area contributed by atoms with E-state index in [4.69, 9.17) is 4.74 Å². The third-order valence-electron chi connectivity index (χ3n) is 5.04. The van der Waals surface area contributed by atoms with E-state index < -0.39 is 17.8 Å². The molecule has 2 atom stereocenters. The molecular weight excluding hydrogens is 415 g/mol. The fourth-order valence-electron chi connectivity index (χ4n) is 3.43. The lowest BCUT2D eigenvalue weighted by Crippen LogP contribution is -2.33. The zero-order valence-corrected chi connectivity index (χ0v) is 17.6. The summed E-state index contributed by atoms with van der Waals surface area (Å²) in [5.74, 6) is 0.684. The summed E-state index contributed by atoms with van der Waals surface area (Å²) >= 11 is 0. The molecule has 0 aliphatic rings. The summed E-state index contributed by atoms with van der Waals surface area (Å²) in [6.07, 6.45) is -2.78. The number of aliphatic hydroxyl groups excluding tert-OH is 1. The minimum Gasteiger partial charge on any atom is -0.491 e. The second kappa shape index (κ2) is 11.0. The van der Waals surface area contributed by atoms with Crippen molar-refractivity contribution in [3.05, 3.63) is 103 Å². The van der Waals surface area contributed by atoms with E-state index in [1.54, 1.807) is 36.4 Å². The van der Waals surface area contributed by atoms with Gasteiger partial charge in [0, 0.05) is 12.6 Å². The molecule has 0 bridgehead atoms. The predicted molar refractivity (Wildman–Crippen MR) is 120 cm³/mol. The van der Waals surface area contributed by atoms with E-state index >= 15 is 0 Å². The van der Waals surface area contributed by atoms with Crippen molar-refractivity contribution in [2.24, 2.45) is 0 Å². The smallest absolute Gasteiger partial charge is 0.417 e. The van der Waals surface area contributed by atoms with Gasteiger partial charge in [-0.2, -0.15) is 13.2 Å². The first kappa shape index (κ1) is 23.6. The van der Waals surface area contributed by atoms with Crippen LogP contribution in [-0.4, -0.2) is 24.4 Å². The van der Waals surface area contributed by atoms with Crippen molar-refractivity contribution < 1.29 is 23.0 Å². The minimum atomic E-state index is -4.42. The van der Waals surface area contributed by atoms with Crippen LogP contribution in [0.4, 0.5) is 13.2 Å². The van der Waals surface area contributed by atoms with Gasteiger partial charge in [0.15, 0.2) is 0 Å². The van der Waals surface area contributed by atoms with E-state index in [1.807, 2.05) is 30.3 Å². The summed E-state index contributed by atoms with van der Waals surface area (Å²) in [4.78, 5) is 0. The van der Waals surface area contributed by atoms with Gasteiger partial charge >= 0.3 is 6.18 Å². The molecule has 0 fully saturated rings. The zero-order chi connectivity index (χ0) is 23.0. The summed E-state index contributed by atoms with van der Waals surface area (Å²) in [5, 5.41) is 13.5. The van der Waals surface area contributed by atoms with Gasteiger partial charge in [0.1, 0.15) is 18.5 Å². The van der Waals surface area contributed by atoms with Crippen molar-refractivity contribution in [3.8, 4) is 16.9 Å². The van der Waals surface area contributed by atoms with Crippen molar-refractivity contribution in [2.75, 3.05) is 13.2 Å². The number of halogens is 3. The number of hydrogen-bond donors (Lipinski definition) is 2. The van der Waals surface area contributed by atoms with Crippen LogP contribution in [0, 0.1) is 0 Å². The van der Waals surface area contributed by atoms with E-state index in [2.05, 4.69) is 11.9 Å². The molecule has 0 heterocycles. The standard InChI is InChI=1S/C26H26F3NO2/c1-2-8-25(30-17-21(31)18-32-22-9-4-3-5-10-22)20-15-13-19(14-16-20)23-11-6-7-12-24(23)26(27,28)29/h2-7,9-16,21,25,30-31H,1,8,17-18H2. The molecule has 0 saturated heterocycles. The van der Waals surface area contributed by atoms with Gasteiger partial charge in [-0.3, -0.25) is 0 Å². The lowest BCUT2D eigenvalue weighted by molar-refractivity contribution is -0.137. The third-order valence-corrected chi connectivity index (χ3v) is 5.04. The topological polar surface area (TPSA) is 41.5 Å². The Morgan fingerprint density at radius 3 is 2.25 bits per heavy atom. The van der Waals surface area contributed by atoms with Gasteiger partial charge in [0.25, 0.3) is 0 Å². The molecule has 0 aliphatic carbocycles. The molecule has 3 rings (SSSR count). The van der Waals surface area contributed by atoms with Crippen molar-refractivity contribution in [1.29, 1.82) is 0 Å². The van der Waals surface area contributed by atoms with Crippen molar-refractivity contribution in [3.63, 3.8) is 0 Å². The maximum atomic E-state index is 13.3. The quantitative estimate of drug-likeness (QED) is 0.378. The number of benzene rings is 3. The Morgan fingerprint density at radius 2 is 1.59 bits per heavy atom. The second-order valence-corrected chi connectivity index (χ2v) is 7.43. The fourth-order valence-corrected chi connectivity index (χ4v) is 3.43. The number of ether oxygens (including phenoxy) is 1. The molecule has 0 amide bonds. The van der Waals surface area contributed by atoms with Crippen LogP contribution in [0.2, 0.25) is 0 Å². The van der Waals surface area contributed by atoms with Gasteiger partial charge < -0.3 is 15.2 Å². The summed E-state index contributed by atoms with van der Waals surface area (Å²) in [6.45, 7) is 4.22. The van der Waals surface area contributed by atoms with Crippen LogP contribution < -0.4 is 10.1 Å². The average molecular weight is 441 g/mol. The molecule has 6 heteroatoms. The lowest BCUT2D eigenvalue weighted by Gasteiger charge is -2.21. The fraction of sp³-hybridized carbons (Fsp3) is 0.231. The van der Waals surface area contributed by atoms with Crippen LogP contribution >= 0.6 is 0 Å². The molecule has 0 radical (unpaired) electrons. The Morgan fingerprint density at radius 1 is 0.938 bits per heavy atom. The van der Waals surface area contributed by atoms with Crippen molar-refractivity contribution >= 4 is 0 Å². The average Bonchev–Trinajstić information content (AvgIpc) is 2.80. The molecule has 2 unspecified atom stereocenters. The highest BCUT2D eigenvalue weighted by molar-refractivity contribution is 5.68. The lowest BCUT2D eigenvalue weighted by atomic mass is 9.96. The predicted octanol–water partition coefficient (Wildman–Crippen LogP) is 6.02. The van der Waals surface area contributed by atoms with Crippen LogP contribution in [0.3, 0.4) is 0 Å². The Balaban J connectivity index is 1.65. The van der Waals surface area contributed by atoms with Gasteiger partial charge in [-0.15, -0.1) is 6.58 Å². The monoisotopic (exact) mass is 441 g/mol. The van der Waals surface area contributed by atoms with Crippen LogP contribution in [0.15, 0.2) is 91.5 Å². The number of para-hydroxylation sites is 1. The van der Waals surface area contributed by atoms with Crippen LogP contribution in [-0.2, 0) is 6.18 Å². The van der Waals surface area contributed by atoms with Gasteiger partial charge in [-0.25, -0.2) is 0 Å². The van der Waals surface area contributed by atoms with Gasteiger partial charge in [0.05, 0.1) is 5.56 Å². The second-order valence-electron chi connectivity index (χ2n) is 7.43. The van der Waals surface area contributed by atoms with Gasteiger partial charge in [-0.1, -0.05) is 66.7 Å². The molecule has 0 aromatic heterocycles. The molecular formula is C26H26F3NO2. The Bertz CT molecular complexity index is 988. The molecule has 3 aromatic carbocycles. The maximum Gasteiger partial charge on any atom is 0.417 e. The maximum absolute atomic E-state index is 13.3. The number of aliphatic hydroxyl groups is 1. The molecule has 0 saturated carbocycles.